The van der Waals surface area contributed by atoms with Crippen molar-refractivity contribution in [2.24, 2.45) is 0 Å². The lowest BCUT2D eigenvalue weighted by Gasteiger charge is -2.22. The van der Waals surface area contributed by atoms with Gasteiger partial charge in [-0.2, -0.15) is 0 Å². The first kappa shape index (κ1) is 28.8. The molecule has 0 saturated carbocycles. The third kappa shape index (κ3) is 11.0. The van der Waals surface area contributed by atoms with Crippen LogP contribution in [0.25, 0.3) is 0 Å². The van der Waals surface area contributed by atoms with E-state index >= 15 is 0 Å². The lowest BCUT2D eigenvalue weighted by molar-refractivity contribution is 0.255. The predicted octanol–water partition coefficient (Wildman–Crippen LogP) is 7.17. The van der Waals surface area contributed by atoms with Gasteiger partial charge in [0.1, 0.15) is 0 Å². The zero-order valence-electron chi connectivity index (χ0n) is 21.9. The summed E-state index contributed by atoms with van der Waals surface area (Å²) in [6.45, 7) is 9.94. The van der Waals surface area contributed by atoms with Gasteiger partial charge in [-0.1, -0.05) is 85.0 Å². The van der Waals surface area contributed by atoms with Crippen LogP contribution in [0.5, 0.6) is 11.5 Å². The minimum Gasteiger partial charge on any atom is -0.490 e. The van der Waals surface area contributed by atoms with E-state index in [-0.39, 0.29) is 0 Å². The number of aryl methyl sites for hydroxylation is 1. The van der Waals surface area contributed by atoms with Gasteiger partial charge in [-0.15, -0.1) is 0 Å². The molecule has 0 spiro atoms. The van der Waals surface area contributed by atoms with Gasteiger partial charge in [-0.25, -0.2) is 0 Å². The highest BCUT2D eigenvalue weighted by atomic mass is 16.5. The zero-order chi connectivity index (χ0) is 23.4. The minimum atomic E-state index is 0.765. The molecule has 0 fully saturated rings. The molecule has 0 aliphatic rings. The van der Waals surface area contributed by atoms with Gasteiger partial charge < -0.3 is 20.1 Å². The van der Waals surface area contributed by atoms with Gasteiger partial charge in [0.15, 0.2) is 11.5 Å². The van der Waals surface area contributed by atoms with E-state index in [4.69, 9.17) is 9.47 Å². The van der Waals surface area contributed by atoms with E-state index in [9.17, 15) is 0 Å². The van der Waals surface area contributed by atoms with Crippen LogP contribution in [0.2, 0.25) is 0 Å². The molecule has 0 unspecified atom stereocenters. The fourth-order valence-corrected chi connectivity index (χ4v) is 4.25. The summed E-state index contributed by atoms with van der Waals surface area (Å²) in [4.78, 5) is 0. The second-order valence-electron chi connectivity index (χ2n) is 8.97. The van der Waals surface area contributed by atoms with Crippen LogP contribution in [0.3, 0.4) is 0 Å². The smallest absolute Gasteiger partial charge is 0.165 e. The zero-order valence-corrected chi connectivity index (χ0v) is 21.9. The van der Waals surface area contributed by atoms with E-state index in [1.165, 1.54) is 80.9 Å². The molecular formula is C28H52N2O2. The standard InChI is InChI=1S/C28H52N2O2/c1-6-9-11-13-15-17-19-31-27-21-24(8-3)25(22-29-4)26(23-30-5)28(27)32-20-18-16-14-12-10-7-2/h21,29-30H,6-20,22-23H2,1-5H3. The predicted molar refractivity (Wildman–Crippen MR) is 139 cm³/mol. The molecule has 2 N–H and O–H groups in total. The Hall–Kier alpha value is -1.26. The fourth-order valence-electron chi connectivity index (χ4n) is 4.25. The molecule has 0 saturated heterocycles. The van der Waals surface area contributed by atoms with Crippen LogP contribution in [0, 0.1) is 0 Å². The Labute approximate surface area is 199 Å². The van der Waals surface area contributed by atoms with Gasteiger partial charge in [0.25, 0.3) is 0 Å². The number of nitrogens with one attached hydrogen (secondary N) is 2. The van der Waals surface area contributed by atoms with E-state index in [1.54, 1.807) is 0 Å². The second kappa shape index (κ2) is 19.2. The highest BCUT2D eigenvalue weighted by Crippen LogP contribution is 2.37. The van der Waals surface area contributed by atoms with Crippen molar-refractivity contribution in [2.75, 3.05) is 27.3 Å². The molecule has 0 amide bonds. The Morgan fingerprint density at radius 3 is 1.66 bits per heavy atom. The number of benzene rings is 1. The fraction of sp³-hybridized carbons (Fsp3) is 0.786. The molecule has 0 atom stereocenters. The van der Waals surface area contributed by atoms with E-state index in [0.717, 1.165) is 57.1 Å². The van der Waals surface area contributed by atoms with Crippen LogP contribution in [0.15, 0.2) is 6.07 Å². The Morgan fingerprint density at radius 1 is 0.625 bits per heavy atom. The van der Waals surface area contributed by atoms with E-state index in [2.05, 4.69) is 37.5 Å². The van der Waals surface area contributed by atoms with Gasteiger partial charge in [-0.05, 0) is 50.6 Å². The van der Waals surface area contributed by atoms with Crippen molar-refractivity contribution >= 4 is 0 Å². The minimum absolute atomic E-state index is 0.765. The van der Waals surface area contributed by atoms with Crippen molar-refractivity contribution in [1.82, 2.24) is 10.6 Å². The molecule has 32 heavy (non-hydrogen) atoms. The lowest BCUT2D eigenvalue weighted by Crippen LogP contribution is -2.17. The summed E-state index contributed by atoms with van der Waals surface area (Å²) < 4.78 is 12.8. The average molecular weight is 449 g/mol. The van der Waals surface area contributed by atoms with Crippen LogP contribution in [0.4, 0.5) is 0 Å². The largest absolute Gasteiger partial charge is 0.490 e. The lowest BCUT2D eigenvalue weighted by atomic mass is 9.97. The molecule has 186 valence electrons. The van der Waals surface area contributed by atoms with E-state index in [1.807, 2.05) is 14.1 Å². The van der Waals surface area contributed by atoms with Gasteiger partial charge in [0.05, 0.1) is 13.2 Å². The van der Waals surface area contributed by atoms with Crippen molar-refractivity contribution in [3.8, 4) is 11.5 Å². The molecule has 0 radical (unpaired) electrons. The second-order valence-corrected chi connectivity index (χ2v) is 8.97. The van der Waals surface area contributed by atoms with Gasteiger partial charge in [0.2, 0.25) is 0 Å². The van der Waals surface area contributed by atoms with Crippen molar-refractivity contribution < 1.29 is 9.47 Å². The first-order chi connectivity index (χ1) is 15.7. The first-order valence-corrected chi connectivity index (χ1v) is 13.5. The maximum absolute atomic E-state index is 6.43. The summed E-state index contributed by atoms with van der Waals surface area (Å²) >= 11 is 0. The number of rotatable bonds is 21. The third-order valence-corrected chi connectivity index (χ3v) is 6.14. The first-order valence-electron chi connectivity index (χ1n) is 13.5. The molecule has 1 rings (SSSR count). The molecule has 0 aliphatic carbocycles. The molecule has 0 aromatic heterocycles. The van der Waals surface area contributed by atoms with Crippen molar-refractivity contribution in [3.05, 3.63) is 22.8 Å². The molecule has 0 aliphatic heterocycles. The summed E-state index contributed by atoms with van der Waals surface area (Å²) in [5.41, 5.74) is 3.97. The Bertz CT molecular complexity index is 589. The summed E-state index contributed by atoms with van der Waals surface area (Å²) in [5, 5.41) is 6.71. The van der Waals surface area contributed by atoms with Crippen molar-refractivity contribution in [2.45, 2.75) is 117 Å². The summed E-state index contributed by atoms with van der Waals surface area (Å²) in [5.74, 6) is 1.90. The number of hydrogen-bond acceptors (Lipinski definition) is 4. The quantitative estimate of drug-likeness (QED) is 0.196. The third-order valence-electron chi connectivity index (χ3n) is 6.14. The van der Waals surface area contributed by atoms with E-state index < -0.39 is 0 Å². The molecule has 1 aromatic rings. The molecule has 4 heteroatoms. The normalized spacial score (nSPS) is 11.2. The molecule has 0 bridgehead atoms. The molecule has 1 aromatic carbocycles. The topological polar surface area (TPSA) is 42.5 Å². The van der Waals surface area contributed by atoms with Crippen LogP contribution >= 0.6 is 0 Å². The SMILES string of the molecule is CCCCCCCCOc1cc(CC)c(CNC)c(CNC)c1OCCCCCCCC. The Morgan fingerprint density at radius 2 is 1.12 bits per heavy atom. The number of ether oxygens (including phenoxy) is 2. The van der Waals surface area contributed by atoms with Gasteiger partial charge >= 0.3 is 0 Å². The monoisotopic (exact) mass is 448 g/mol. The number of hydrogen-bond donors (Lipinski definition) is 2. The highest BCUT2D eigenvalue weighted by Gasteiger charge is 2.19. The maximum Gasteiger partial charge on any atom is 0.165 e. The maximum atomic E-state index is 6.43. The highest BCUT2D eigenvalue weighted by molar-refractivity contribution is 5.55. The van der Waals surface area contributed by atoms with Crippen molar-refractivity contribution in [3.63, 3.8) is 0 Å². The molecular weight excluding hydrogens is 396 g/mol. The Kier molecular flexibility index (Phi) is 17.3. The van der Waals surface area contributed by atoms with Gasteiger partial charge in [0, 0.05) is 18.7 Å². The Balaban J connectivity index is 2.88. The number of unbranched alkanes of at least 4 members (excludes halogenated alkanes) is 10. The average Bonchev–Trinajstić information content (AvgIpc) is 2.80. The van der Waals surface area contributed by atoms with E-state index in [0.29, 0.717) is 0 Å². The summed E-state index contributed by atoms with van der Waals surface area (Å²) in [7, 11) is 4.03. The van der Waals surface area contributed by atoms with Crippen molar-refractivity contribution in [1.29, 1.82) is 0 Å². The van der Waals surface area contributed by atoms with Crippen LogP contribution in [0.1, 0.15) is 115 Å². The van der Waals surface area contributed by atoms with Crippen LogP contribution in [-0.4, -0.2) is 27.3 Å². The molecule has 4 nitrogen and oxygen atoms in total. The summed E-state index contributed by atoms with van der Waals surface area (Å²) in [6.07, 6.45) is 16.3. The summed E-state index contributed by atoms with van der Waals surface area (Å²) in [6, 6.07) is 2.24. The van der Waals surface area contributed by atoms with Crippen LogP contribution in [-0.2, 0) is 19.5 Å². The van der Waals surface area contributed by atoms with Crippen LogP contribution < -0.4 is 20.1 Å². The molecule has 0 heterocycles. The van der Waals surface area contributed by atoms with Gasteiger partial charge in [-0.3, -0.25) is 0 Å².